The molecule has 1 amide bonds. The highest BCUT2D eigenvalue weighted by Crippen LogP contribution is 2.29. The standard InChI is InChI=1S/C21H23F3N2O/c1-15-6-2-3-7-18(15)19(26-12-4-5-13-26)14-25-20(27)16-8-10-17(11-9-16)21(22,23)24/h2-3,6-11,19H,4-5,12-14H2,1H3,(H,25,27). The number of nitrogens with zero attached hydrogens (tertiary/aromatic N) is 1. The predicted octanol–water partition coefficient (Wildman–Crippen LogP) is 4.58. The van der Waals surface area contributed by atoms with Crippen LogP contribution in [0.4, 0.5) is 13.2 Å². The van der Waals surface area contributed by atoms with E-state index >= 15 is 0 Å². The summed E-state index contributed by atoms with van der Waals surface area (Å²) in [6.45, 7) is 4.44. The molecule has 0 bridgehead atoms. The van der Waals surface area contributed by atoms with Gasteiger partial charge < -0.3 is 5.32 Å². The minimum atomic E-state index is -4.40. The quantitative estimate of drug-likeness (QED) is 0.828. The lowest BCUT2D eigenvalue weighted by atomic mass is 10.00. The van der Waals surface area contributed by atoms with E-state index in [0.29, 0.717) is 6.54 Å². The van der Waals surface area contributed by atoms with E-state index in [1.165, 1.54) is 17.7 Å². The lowest BCUT2D eigenvalue weighted by molar-refractivity contribution is -0.137. The van der Waals surface area contributed by atoms with Crippen LogP contribution < -0.4 is 5.32 Å². The van der Waals surface area contributed by atoms with E-state index in [1.807, 2.05) is 12.1 Å². The maximum absolute atomic E-state index is 12.7. The Bertz CT molecular complexity index is 781. The van der Waals surface area contributed by atoms with Crippen molar-refractivity contribution in [2.24, 2.45) is 0 Å². The first kappa shape index (κ1) is 19.4. The molecule has 1 atom stereocenters. The molecule has 1 aliphatic heterocycles. The number of carbonyl (C=O) groups is 1. The van der Waals surface area contributed by atoms with Gasteiger partial charge in [-0.2, -0.15) is 13.2 Å². The highest BCUT2D eigenvalue weighted by atomic mass is 19.4. The number of benzene rings is 2. The molecule has 0 saturated carbocycles. The minimum Gasteiger partial charge on any atom is -0.350 e. The third kappa shape index (κ3) is 4.69. The van der Waals surface area contributed by atoms with E-state index in [1.54, 1.807) is 0 Å². The van der Waals surface area contributed by atoms with Crippen LogP contribution in [0.3, 0.4) is 0 Å². The van der Waals surface area contributed by atoms with Crippen LogP contribution in [0, 0.1) is 6.92 Å². The molecule has 0 radical (unpaired) electrons. The molecule has 0 aliphatic carbocycles. The Morgan fingerprint density at radius 1 is 1.07 bits per heavy atom. The largest absolute Gasteiger partial charge is 0.416 e. The number of carbonyl (C=O) groups excluding carboxylic acids is 1. The fraction of sp³-hybridized carbons (Fsp3) is 0.381. The van der Waals surface area contributed by atoms with Gasteiger partial charge >= 0.3 is 6.18 Å². The maximum Gasteiger partial charge on any atom is 0.416 e. The Labute approximate surface area is 157 Å². The summed E-state index contributed by atoms with van der Waals surface area (Å²) in [6.07, 6.45) is -2.13. The van der Waals surface area contributed by atoms with Gasteiger partial charge in [-0.05, 0) is 68.2 Å². The topological polar surface area (TPSA) is 32.3 Å². The summed E-state index contributed by atoms with van der Waals surface area (Å²) in [5.74, 6) is -0.360. The number of alkyl halides is 3. The van der Waals surface area contributed by atoms with Crippen LogP contribution in [-0.4, -0.2) is 30.4 Å². The molecule has 3 nitrogen and oxygen atoms in total. The molecule has 1 heterocycles. The zero-order valence-electron chi connectivity index (χ0n) is 15.2. The number of amides is 1. The zero-order chi connectivity index (χ0) is 19.4. The molecule has 1 saturated heterocycles. The molecular weight excluding hydrogens is 353 g/mol. The van der Waals surface area contributed by atoms with Gasteiger partial charge in [-0.3, -0.25) is 9.69 Å². The van der Waals surface area contributed by atoms with Crippen molar-refractivity contribution >= 4 is 5.91 Å². The molecule has 3 rings (SSSR count). The van der Waals surface area contributed by atoms with Crippen molar-refractivity contribution in [2.45, 2.75) is 32.0 Å². The first-order chi connectivity index (χ1) is 12.9. The Balaban J connectivity index is 1.71. The van der Waals surface area contributed by atoms with Gasteiger partial charge in [0.25, 0.3) is 5.91 Å². The third-order valence-electron chi connectivity index (χ3n) is 5.06. The number of hydrogen-bond donors (Lipinski definition) is 1. The second-order valence-electron chi connectivity index (χ2n) is 6.90. The van der Waals surface area contributed by atoms with Gasteiger partial charge in [0, 0.05) is 12.1 Å². The zero-order valence-corrected chi connectivity index (χ0v) is 15.2. The van der Waals surface area contributed by atoms with Crippen molar-refractivity contribution in [3.8, 4) is 0 Å². The number of nitrogens with one attached hydrogen (secondary N) is 1. The van der Waals surface area contributed by atoms with Crippen LogP contribution in [-0.2, 0) is 6.18 Å². The molecule has 144 valence electrons. The van der Waals surface area contributed by atoms with Crippen molar-refractivity contribution in [1.82, 2.24) is 10.2 Å². The van der Waals surface area contributed by atoms with Crippen LogP contribution >= 0.6 is 0 Å². The summed E-state index contributed by atoms with van der Waals surface area (Å²) in [6, 6.07) is 12.5. The van der Waals surface area contributed by atoms with Crippen LogP contribution in [0.2, 0.25) is 0 Å². The average molecular weight is 376 g/mol. The van der Waals surface area contributed by atoms with Crippen LogP contribution in [0.1, 0.15) is 45.9 Å². The highest BCUT2D eigenvalue weighted by molar-refractivity contribution is 5.94. The average Bonchev–Trinajstić information content (AvgIpc) is 3.17. The number of aryl methyl sites for hydroxylation is 1. The Kier molecular flexibility index (Phi) is 5.85. The fourth-order valence-corrected chi connectivity index (χ4v) is 3.55. The lowest BCUT2D eigenvalue weighted by Crippen LogP contribution is -2.37. The van der Waals surface area contributed by atoms with Crippen LogP contribution in [0.5, 0.6) is 0 Å². The fourth-order valence-electron chi connectivity index (χ4n) is 3.55. The molecule has 6 heteroatoms. The summed E-state index contributed by atoms with van der Waals surface area (Å²) in [7, 11) is 0. The van der Waals surface area contributed by atoms with Gasteiger partial charge in [-0.15, -0.1) is 0 Å². The lowest BCUT2D eigenvalue weighted by Gasteiger charge is -2.29. The second-order valence-corrected chi connectivity index (χ2v) is 6.90. The first-order valence-electron chi connectivity index (χ1n) is 9.11. The molecule has 1 fully saturated rings. The number of hydrogen-bond acceptors (Lipinski definition) is 2. The molecule has 1 aliphatic rings. The van der Waals surface area contributed by atoms with Gasteiger partial charge in [0.2, 0.25) is 0 Å². The Morgan fingerprint density at radius 2 is 1.70 bits per heavy atom. The van der Waals surface area contributed by atoms with E-state index in [-0.39, 0.29) is 17.5 Å². The van der Waals surface area contributed by atoms with E-state index in [4.69, 9.17) is 0 Å². The van der Waals surface area contributed by atoms with Crippen molar-refractivity contribution in [1.29, 1.82) is 0 Å². The molecular formula is C21H23F3N2O. The molecule has 1 unspecified atom stereocenters. The summed E-state index contributed by atoms with van der Waals surface area (Å²) >= 11 is 0. The SMILES string of the molecule is Cc1ccccc1C(CNC(=O)c1ccc(C(F)(F)F)cc1)N1CCCC1. The molecule has 2 aromatic rings. The monoisotopic (exact) mass is 376 g/mol. The van der Waals surface area contributed by atoms with Crippen molar-refractivity contribution in [2.75, 3.05) is 19.6 Å². The predicted molar refractivity (Wildman–Crippen MR) is 98.5 cm³/mol. The molecule has 2 aromatic carbocycles. The number of halogens is 3. The summed E-state index contributed by atoms with van der Waals surface area (Å²) in [4.78, 5) is 14.8. The second kappa shape index (κ2) is 8.13. The normalized spacial score (nSPS) is 16.3. The third-order valence-corrected chi connectivity index (χ3v) is 5.06. The van der Waals surface area contributed by atoms with Crippen molar-refractivity contribution in [3.05, 3.63) is 70.8 Å². The van der Waals surface area contributed by atoms with Crippen molar-refractivity contribution < 1.29 is 18.0 Å². The molecule has 0 aromatic heterocycles. The minimum absolute atomic E-state index is 0.0621. The highest BCUT2D eigenvalue weighted by Gasteiger charge is 2.30. The van der Waals surface area contributed by atoms with E-state index in [0.717, 1.165) is 43.6 Å². The van der Waals surface area contributed by atoms with E-state index < -0.39 is 11.7 Å². The van der Waals surface area contributed by atoms with E-state index in [9.17, 15) is 18.0 Å². The molecule has 0 spiro atoms. The van der Waals surface area contributed by atoms with Gasteiger partial charge in [0.1, 0.15) is 0 Å². The van der Waals surface area contributed by atoms with Crippen LogP contribution in [0.25, 0.3) is 0 Å². The summed E-state index contributed by atoms with van der Waals surface area (Å²) in [5.41, 5.74) is 1.81. The van der Waals surface area contributed by atoms with Gasteiger partial charge in [-0.1, -0.05) is 24.3 Å². The Morgan fingerprint density at radius 3 is 2.30 bits per heavy atom. The smallest absolute Gasteiger partial charge is 0.350 e. The van der Waals surface area contributed by atoms with Gasteiger partial charge in [0.05, 0.1) is 11.6 Å². The van der Waals surface area contributed by atoms with E-state index in [2.05, 4.69) is 29.3 Å². The summed E-state index contributed by atoms with van der Waals surface area (Å²) < 4.78 is 38.0. The number of rotatable bonds is 5. The molecule has 27 heavy (non-hydrogen) atoms. The number of likely N-dealkylation sites (tertiary alicyclic amines) is 1. The Hall–Kier alpha value is -2.34. The van der Waals surface area contributed by atoms with Gasteiger partial charge in [-0.25, -0.2) is 0 Å². The molecule has 1 N–H and O–H groups in total. The summed E-state index contributed by atoms with van der Waals surface area (Å²) in [5, 5.41) is 2.90. The van der Waals surface area contributed by atoms with Crippen LogP contribution in [0.15, 0.2) is 48.5 Å². The maximum atomic E-state index is 12.7. The first-order valence-corrected chi connectivity index (χ1v) is 9.11. The van der Waals surface area contributed by atoms with Crippen molar-refractivity contribution in [3.63, 3.8) is 0 Å². The van der Waals surface area contributed by atoms with Gasteiger partial charge in [0.15, 0.2) is 0 Å².